The topological polar surface area (TPSA) is 237 Å². The Bertz CT molecular complexity index is 2000. The predicted octanol–water partition coefficient (Wildman–Crippen LogP) is 25.8. The van der Waals surface area contributed by atoms with Crippen LogP contribution in [0.3, 0.4) is 0 Å². The number of carbonyl (C=O) groups is 4. The molecule has 6 atom stereocenters. The molecule has 17 nitrogen and oxygen atoms in total. The Morgan fingerprint density at radius 1 is 0.279 bits per heavy atom. The van der Waals surface area contributed by atoms with Gasteiger partial charge in [-0.15, -0.1) is 0 Å². The smallest absolute Gasteiger partial charge is 0.462 e. The zero-order chi connectivity index (χ0) is 76.4. The van der Waals surface area contributed by atoms with E-state index in [0.717, 1.165) is 108 Å². The van der Waals surface area contributed by atoms with Crippen molar-refractivity contribution < 1.29 is 80.2 Å². The van der Waals surface area contributed by atoms with E-state index in [1.54, 1.807) is 0 Å². The summed E-state index contributed by atoms with van der Waals surface area (Å²) < 4.78 is 68.6. The molecule has 104 heavy (non-hydrogen) atoms. The van der Waals surface area contributed by atoms with Crippen molar-refractivity contribution in [1.29, 1.82) is 0 Å². The SMILES string of the molecule is CCCCCCCCCCCCCCCCCCCCCCCC(=O)OC[C@H](COP(=O)(O)OC[C@@H](O)COP(=O)(O)OC[C@@H](COC(=O)CCCCCCC)OC(=O)CCCCCCCCCCCCCCCC(C)C)OC(=O)CCCCCCCCCCCCCCCCCCCCC(C)CC. The Balaban J connectivity index is 5.10. The number of aliphatic hydroxyl groups excluding tert-OH is 1. The van der Waals surface area contributed by atoms with Gasteiger partial charge >= 0.3 is 39.5 Å². The first kappa shape index (κ1) is 102. The Kier molecular flexibility index (Phi) is 75.0. The number of hydrogen-bond donors (Lipinski definition) is 3. The molecule has 19 heteroatoms. The van der Waals surface area contributed by atoms with Gasteiger partial charge in [0.1, 0.15) is 19.3 Å². The number of hydrogen-bond acceptors (Lipinski definition) is 15. The van der Waals surface area contributed by atoms with Gasteiger partial charge in [-0.2, -0.15) is 0 Å². The number of rotatable bonds is 84. The lowest BCUT2D eigenvalue weighted by molar-refractivity contribution is -0.161. The summed E-state index contributed by atoms with van der Waals surface area (Å²) in [7, 11) is -9.91. The van der Waals surface area contributed by atoms with E-state index in [-0.39, 0.29) is 25.7 Å². The Hall–Kier alpha value is -1.94. The normalized spacial score (nSPS) is 14.1. The number of unbranched alkanes of at least 4 members (excludes halogenated alkanes) is 53. The third-order valence-electron chi connectivity index (χ3n) is 20.3. The summed E-state index contributed by atoms with van der Waals surface area (Å²) in [4.78, 5) is 72.8. The molecule has 0 radical (unpaired) electrons. The van der Waals surface area contributed by atoms with E-state index in [1.165, 1.54) is 263 Å². The van der Waals surface area contributed by atoms with Crippen LogP contribution in [-0.4, -0.2) is 96.7 Å². The fourth-order valence-electron chi connectivity index (χ4n) is 13.2. The minimum absolute atomic E-state index is 0.107. The first-order valence-corrected chi connectivity index (χ1v) is 47.0. The van der Waals surface area contributed by atoms with Crippen LogP contribution in [0.25, 0.3) is 0 Å². The molecule has 0 spiro atoms. The number of ether oxygens (including phenoxy) is 4. The Labute approximate surface area is 638 Å². The van der Waals surface area contributed by atoms with Crippen LogP contribution in [0.15, 0.2) is 0 Å². The second-order valence-corrected chi connectivity index (χ2v) is 34.2. The van der Waals surface area contributed by atoms with Gasteiger partial charge in [-0.05, 0) is 37.5 Å². The average Bonchev–Trinajstić information content (AvgIpc) is 0.906. The van der Waals surface area contributed by atoms with Crippen LogP contribution in [-0.2, 0) is 65.4 Å². The quantitative estimate of drug-likeness (QED) is 0.0222. The summed E-state index contributed by atoms with van der Waals surface area (Å²) >= 11 is 0. The van der Waals surface area contributed by atoms with Crippen molar-refractivity contribution in [2.24, 2.45) is 11.8 Å². The highest BCUT2D eigenvalue weighted by molar-refractivity contribution is 7.47. The monoisotopic (exact) mass is 1520 g/mol. The molecule has 0 aliphatic rings. The van der Waals surface area contributed by atoms with Crippen LogP contribution >= 0.6 is 15.6 Å². The lowest BCUT2D eigenvalue weighted by Gasteiger charge is -2.21. The summed E-state index contributed by atoms with van der Waals surface area (Å²) in [6, 6.07) is 0. The Morgan fingerprint density at radius 2 is 0.490 bits per heavy atom. The maximum Gasteiger partial charge on any atom is 0.472 e. The second-order valence-electron chi connectivity index (χ2n) is 31.3. The molecule has 0 amide bonds. The fourth-order valence-corrected chi connectivity index (χ4v) is 14.8. The van der Waals surface area contributed by atoms with Gasteiger partial charge in [0.15, 0.2) is 12.2 Å². The maximum absolute atomic E-state index is 13.1. The summed E-state index contributed by atoms with van der Waals surface area (Å²) in [5.74, 6) is -0.459. The molecule has 0 saturated carbocycles. The van der Waals surface area contributed by atoms with Crippen molar-refractivity contribution in [2.45, 2.75) is 471 Å². The second kappa shape index (κ2) is 76.4. The first-order valence-electron chi connectivity index (χ1n) is 44.0. The van der Waals surface area contributed by atoms with Crippen molar-refractivity contribution in [1.82, 2.24) is 0 Å². The van der Waals surface area contributed by atoms with E-state index in [2.05, 4.69) is 41.5 Å². The predicted molar refractivity (Wildman–Crippen MR) is 428 cm³/mol. The van der Waals surface area contributed by atoms with Gasteiger partial charge in [-0.25, -0.2) is 9.13 Å². The highest BCUT2D eigenvalue weighted by atomic mass is 31.2. The Morgan fingerprint density at radius 3 is 0.731 bits per heavy atom. The van der Waals surface area contributed by atoms with E-state index in [1.807, 2.05) is 0 Å². The van der Waals surface area contributed by atoms with Crippen molar-refractivity contribution in [3.63, 3.8) is 0 Å². The van der Waals surface area contributed by atoms with E-state index in [0.29, 0.717) is 25.7 Å². The van der Waals surface area contributed by atoms with Crippen LogP contribution in [0.2, 0.25) is 0 Å². The molecule has 618 valence electrons. The van der Waals surface area contributed by atoms with Crippen LogP contribution < -0.4 is 0 Å². The van der Waals surface area contributed by atoms with E-state index >= 15 is 0 Å². The van der Waals surface area contributed by atoms with E-state index in [4.69, 9.17) is 37.0 Å². The minimum Gasteiger partial charge on any atom is -0.462 e. The molecule has 0 saturated heterocycles. The number of phosphoric ester groups is 2. The molecular formula is C85H166O17P2. The standard InChI is InChI=1S/C85H166O17P2/c1-7-10-12-14-15-16-17-18-19-20-21-22-23-27-30-35-40-45-50-56-62-68-83(88)96-74-81(102-85(90)70-63-57-51-46-41-36-31-28-25-24-26-29-34-39-44-49-55-60-66-78(6)9-3)76-100-104(93,94)98-72-79(86)71-97-103(91,92)99-75-80(73-95-82(87)67-61-53-13-11-8-2)101-84(89)69-64-58-52-47-42-37-32-33-38-43-48-54-59-65-77(4)5/h77-81,86H,7-76H2,1-6H3,(H,91,92)(H,93,94)/t78?,79-,80+,81+/m0/s1. The number of carbonyl (C=O) groups excluding carboxylic acids is 4. The van der Waals surface area contributed by atoms with Crippen LogP contribution in [0, 0.1) is 11.8 Å². The van der Waals surface area contributed by atoms with Crippen LogP contribution in [0.1, 0.15) is 452 Å². The van der Waals surface area contributed by atoms with Gasteiger partial charge in [-0.3, -0.25) is 37.3 Å². The molecular weight excluding hydrogens is 1350 g/mol. The van der Waals surface area contributed by atoms with Gasteiger partial charge in [-0.1, -0.05) is 401 Å². The molecule has 0 heterocycles. The van der Waals surface area contributed by atoms with Crippen molar-refractivity contribution in [3.05, 3.63) is 0 Å². The van der Waals surface area contributed by atoms with Gasteiger partial charge in [0.2, 0.25) is 0 Å². The van der Waals surface area contributed by atoms with Crippen molar-refractivity contribution >= 4 is 39.5 Å². The highest BCUT2D eigenvalue weighted by Gasteiger charge is 2.30. The number of phosphoric acid groups is 2. The molecule has 0 aromatic heterocycles. The first-order chi connectivity index (χ1) is 50.4. The van der Waals surface area contributed by atoms with Gasteiger partial charge in [0.05, 0.1) is 26.4 Å². The van der Waals surface area contributed by atoms with E-state index in [9.17, 15) is 43.2 Å². The number of aliphatic hydroxyl groups is 1. The summed E-state index contributed by atoms with van der Waals surface area (Å²) in [6.07, 6.45) is 68.6. The van der Waals surface area contributed by atoms with Crippen molar-refractivity contribution in [2.75, 3.05) is 39.6 Å². The van der Waals surface area contributed by atoms with Gasteiger partial charge < -0.3 is 33.8 Å². The van der Waals surface area contributed by atoms with Gasteiger partial charge in [0.25, 0.3) is 0 Å². The molecule has 0 rings (SSSR count). The zero-order valence-corrected chi connectivity index (χ0v) is 70.1. The van der Waals surface area contributed by atoms with Crippen LogP contribution in [0.4, 0.5) is 0 Å². The molecule has 0 aromatic rings. The molecule has 3 unspecified atom stereocenters. The summed E-state index contributed by atoms with van der Waals surface area (Å²) in [5.41, 5.74) is 0. The molecule has 0 bridgehead atoms. The molecule has 0 aromatic carbocycles. The molecule has 3 N–H and O–H groups in total. The maximum atomic E-state index is 13.1. The molecule has 0 fully saturated rings. The van der Waals surface area contributed by atoms with Crippen LogP contribution in [0.5, 0.6) is 0 Å². The highest BCUT2D eigenvalue weighted by Crippen LogP contribution is 2.45. The molecule has 0 aliphatic carbocycles. The van der Waals surface area contributed by atoms with Gasteiger partial charge in [0, 0.05) is 25.7 Å². The number of esters is 4. The fraction of sp³-hybridized carbons (Fsp3) is 0.953. The average molecular weight is 1520 g/mol. The zero-order valence-electron chi connectivity index (χ0n) is 68.3. The summed E-state index contributed by atoms with van der Waals surface area (Å²) in [5, 5.41) is 10.6. The van der Waals surface area contributed by atoms with E-state index < -0.39 is 97.5 Å². The summed E-state index contributed by atoms with van der Waals surface area (Å²) in [6.45, 7) is 9.65. The lowest BCUT2D eigenvalue weighted by Crippen LogP contribution is -2.30. The molecule has 0 aliphatic heterocycles. The third kappa shape index (κ3) is 76.8. The third-order valence-corrected chi connectivity index (χ3v) is 22.2. The van der Waals surface area contributed by atoms with Crippen molar-refractivity contribution in [3.8, 4) is 0 Å². The minimum atomic E-state index is -4.96. The largest absolute Gasteiger partial charge is 0.472 e. The lowest BCUT2D eigenvalue weighted by atomic mass is 9.99.